The Labute approximate surface area is 155 Å². The summed E-state index contributed by atoms with van der Waals surface area (Å²) in [7, 11) is 0. The van der Waals surface area contributed by atoms with Gasteiger partial charge in [-0.1, -0.05) is 35.9 Å². The fourth-order valence-corrected chi connectivity index (χ4v) is 2.57. The number of hydrogen-bond acceptors (Lipinski definition) is 4. The lowest BCUT2D eigenvalue weighted by molar-refractivity contribution is -0.123. The van der Waals surface area contributed by atoms with Gasteiger partial charge in [-0.3, -0.25) is 4.79 Å². The van der Waals surface area contributed by atoms with Crippen LogP contribution in [0.2, 0.25) is 5.02 Å². The zero-order valence-electron chi connectivity index (χ0n) is 13.9. The van der Waals surface area contributed by atoms with Crippen molar-refractivity contribution in [3.05, 3.63) is 71.2 Å². The monoisotopic (exact) mass is 369 g/mol. The zero-order valence-corrected chi connectivity index (χ0v) is 14.7. The highest BCUT2D eigenvalue weighted by Gasteiger charge is 2.21. The SMILES string of the molecule is C[C@H](OC(=O)c1cc2ccccc2cc1O)C(=O)Nc1ccc(Cl)cc1. The number of ether oxygens (including phenoxy) is 1. The van der Waals surface area contributed by atoms with Crippen molar-refractivity contribution in [3.8, 4) is 5.75 Å². The highest BCUT2D eigenvalue weighted by Crippen LogP contribution is 2.26. The fourth-order valence-electron chi connectivity index (χ4n) is 2.45. The summed E-state index contributed by atoms with van der Waals surface area (Å²) in [6, 6.07) is 16.9. The van der Waals surface area contributed by atoms with Gasteiger partial charge >= 0.3 is 5.97 Å². The summed E-state index contributed by atoms with van der Waals surface area (Å²) in [5.74, 6) is -1.45. The maximum absolute atomic E-state index is 12.3. The largest absolute Gasteiger partial charge is 0.507 e. The fraction of sp³-hybridized carbons (Fsp3) is 0.100. The molecule has 0 fully saturated rings. The van der Waals surface area contributed by atoms with Crippen LogP contribution in [0.3, 0.4) is 0 Å². The maximum Gasteiger partial charge on any atom is 0.342 e. The predicted molar refractivity (Wildman–Crippen MR) is 101 cm³/mol. The van der Waals surface area contributed by atoms with E-state index in [2.05, 4.69) is 5.32 Å². The van der Waals surface area contributed by atoms with E-state index in [0.29, 0.717) is 10.7 Å². The molecule has 5 nitrogen and oxygen atoms in total. The molecule has 0 unspecified atom stereocenters. The van der Waals surface area contributed by atoms with Crippen LogP contribution in [-0.2, 0) is 9.53 Å². The first-order valence-corrected chi connectivity index (χ1v) is 8.31. The molecule has 2 N–H and O–H groups in total. The molecular formula is C20H16ClNO4. The van der Waals surface area contributed by atoms with Crippen LogP contribution in [0.25, 0.3) is 10.8 Å². The number of amides is 1. The summed E-state index contributed by atoms with van der Waals surface area (Å²) in [5, 5.41) is 14.8. The van der Waals surface area contributed by atoms with Gasteiger partial charge in [0.25, 0.3) is 5.91 Å². The van der Waals surface area contributed by atoms with Crippen LogP contribution in [0.15, 0.2) is 60.7 Å². The molecule has 3 aromatic rings. The summed E-state index contributed by atoms with van der Waals surface area (Å²) in [6.07, 6.45) is -1.04. The van der Waals surface area contributed by atoms with Crippen molar-refractivity contribution in [1.82, 2.24) is 0 Å². The van der Waals surface area contributed by atoms with E-state index in [1.807, 2.05) is 24.3 Å². The molecule has 0 aliphatic rings. The molecule has 0 radical (unpaired) electrons. The highest BCUT2D eigenvalue weighted by atomic mass is 35.5. The quantitative estimate of drug-likeness (QED) is 0.669. The molecule has 0 bridgehead atoms. The first-order chi connectivity index (χ1) is 12.4. The molecule has 1 atom stereocenters. The van der Waals surface area contributed by atoms with Crippen LogP contribution in [0, 0.1) is 0 Å². The Hall–Kier alpha value is -3.05. The Morgan fingerprint density at radius 2 is 1.65 bits per heavy atom. The summed E-state index contributed by atoms with van der Waals surface area (Å²) < 4.78 is 5.19. The molecule has 0 heterocycles. The van der Waals surface area contributed by atoms with Gasteiger partial charge in [0.2, 0.25) is 0 Å². The van der Waals surface area contributed by atoms with E-state index >= 15 is 0 Å². The summed E-state index contributed by atoms with van der Waals surface area (Å²) >= 11 is 5.80. The van der Waals surface area contributed by atoms with Crippen molar-refractivity contribution in [3.63, 3.8) is 0 Å². The highest BCUT2D eigenvalue weighted by molar-refractivity contribution is 6.30. The van der Waals surface area contributed by atoms with Crippen LogP contribution in [0.4, 0.5) is 5.69 Å². The Balaban J connectivity index is 1.71. The lowest BCUT2D eigenvalue weighted by atomic mass is 10.1. The summed E-state index contributed by atoms with van der Waals surface area (Å²) in [4.78, 5) is 24.5. The van der Waals surface area contributed by atoms with E-state index in [9.17, 15) is 14.7 Å². The van der Waals surface area contributed by atoms with Crippen molar-refractivity contribution in [2.75, 3.05) is 5.32 Å². The van der Waals surface area contributed by atoms with Crippen molar-refractivity contribution >= 4 is 39.9 Å². The van der Waals surface area contributed by atoms with Crippen molar-refractivity contribution in [1.29, 1.82) is 0 Å². The minimum Gasteiger partial charge on any atom is -0.507 e. The number of esters is 1. The molecule has 132 valence electrons. The summed E-state index contributed by atoms with van der Waals surface area (Å²) in [5.41, 5.74) is 0.547. The van der Waals surface area contributed by atoms with Crippen LogP contribution < -0.4 is 5.32 Å². The van der Waals surface area contributed by atoms with Crippen LogP contribution in [0.5, 0.6) is 5.75 Å². The number of halogens is 1. The molecule has 0 aliphatic carbocycles. The topological polar surface area (TPSA) is 75.6 Å². The van der Waals surface area contributed by atoms with Crippen molar-refractivity contribution in [2.24, 2.45) is 0 Å². The van der Waals surface area contributed by atoms with E-state index in [1.165, 1.54) is 19.1 Å². The first kappa shape index (κ1) is 17.8. The number of carbonyl (C=O) groups excluding carboxylic acids is 2. The number of nitrogens with one attached hydrogen (secondary N) is 1. The molecular weight excluding hydrogens is 354 g/mol. The lowest BCUT2D eigenvalue weighted by Crippen LogP contribution is -2.30. The number of aromatic hydroxyl groups is 1. The van der Waals surface area contributed by atoms with Gasteiger partial charge in [0.15, 0.2) is 6.10 Å². The van der Waals surface area contributed by atoms with Crippen molar-refractivity contribution in [2.45, 2.75) is 13.0 Å². The number of anilines is 1. The second kappa shape index (κ2) is 7.45. The molecule has 0 aromatic heterocycles. The Bertz CT molecular complexity index is 969. The van der Waals surface area contributed by atoms with Gasteiger partial charge in [0.05, 0.1) is 0 Å². The average molecular weight is 370 g/mol. The van der Waals surface area contributed by atoms with E-state index in [0.717, 1.165) is 10.8 Å². The second-order valence-corrected chi connectivity index (χ2v) is 6.20. The third kappa shape index (κ3) is 3.95. The van der Waals surface area contributed by atoms with Crippen LogP contribution in [0.1, 0.15) is 17.3 Å². The first-order valence-electron chi connectivity index (χ1n) is 7.93. The molecule has 0 aliphatic heterocycles. The maximum atomic E-state index is 12.3. The molecule has 0 saturated heterocycles. The van der Waals surface area contributed by atoms with Gasteiger partial charge in [0, 0.05) is 10.7 Å². The number of phenols is 1. The Kier molecular flexibility index (Phi) is 5.09. The van der Waals surface area contributed by atoms with Gasteiger partial charge < -0.3 is 15.2 Å². The molecule has 26 heavy (non-hydrogen) atoms. The van der Waals surface area contributed by atoms with E-state index in [1.54, 1.807) is 24.3 Å². The minimum absolute atomic E-state index is 0.00911. The lowest BCUT2D eigenvalue weighted by Gasteiger charge is -2.14. The van der Waals surface area contributed by atoms with Gasteiger partial charge in [-0.25, -0.2) is 4.79 Å². The van der Waals surface area contributed by atoms with Gasteiger partial charge in [-0.2, -0.15) is 0 Å². The molecule has 0 spiro atoms. The van der Waals surface area contributed by atoms with Crippen LogP contribution >= 0.6 is 11.6 Å². The smallest absolute Gasteiger partial charge is 0.342 e. The number of carbonyl (C=O) groups is 2. The number of fused-ring (bicyclic) bond motifs is 1. The van der Waals surface area contributed by atoms with Crippen molar-refractivity contribution < 1.29 is 19.4 Å². The van der Waals surface area contributed by atoms with E-state index < -0.39 is 18.0 Å². The van der Waals surface area contributed by atoms with Gasteiger partial charge in [0.1, 0.15) is 11.3 Å². The summed E-state index contributed by atoms with van der Waals surface area (Å²) in [6.45, 7) is 1.46. The Morgan fingerprint density at radius 3 is 2.31 bits per heavy atom. The zero-order chi connectivity index (χ0) is 18.7. The third-order valence-electron chi connectivity index (χ3n) is 3.85. The minimum atomic E-state index is -1.04. The number of hydrogen-bond donors (Lipinski definition) is 2. The molecule has 1 amide bonds. The number of rotatable bonds is 4. The molecule has 3 aromatic carbocycles. The average Bonchev–Trinajstić information content (AvgIpc) is 2.62. The van der Waals surface area contributed by atoms with Crippen LogP contribution in [-0.4, -0.2) is 23.1 Å². The molecule has 0 saturated carbocycles. The predicted octanol–water partition coefficient (Wildman–Crippen LogP) is 4.38. The number of benzene rings is 3. The third-order valence-corrected chi connectivity index (χ3v) is 4.10. The molecule has 6 heteroatoms. The van der Waals surface area contributed by atoms with E-state index in [4.69, 9.17) is 16.3 Å². The standard InChI is InChI=1S/C20H16ClNO4/c1-12(19(24)22-16-8-6-15(21)7-9-16)26-20(25)17-10-13-4-2-3-5-14(13)11-18(17)23/h2-12,23H,1H3,(H,22,24)/t12-/m0/s1. The van der Waals surface area contributed by atoms with Gasteiger partial charge in [-0.05, 0) is 54.1 Å². The number of phenolic OH excluding ortho intramolecular Hbond substituents is 1. The Morgan fingerprint density at radius 1 is 1.04 bits per heavy atom. The van der Waals surface area contributed by atoms with E-state index in [-0.39, 0.29) is 11.3 Å². The molecule has 3 rings (SSSR count). The van der Waals surface area contributed by atoms with Gasteiger partial charge in [-0.15, -0.1) is 0 Å². The normalized spacial score (nSPS) is 11.8. The second-order valence-electron chi connectivity index (χ2n) is 5.76.